The molecule has 0 bridgehead atoms. The minimum absolute atomic E-state index is 0.0532. The molecule has 2 rings (SSSR count). The molecule has 1 aliphatic rings. The molecular weight excluding hydrogens is 250 g/mol. The highest BCUT2D eigenvalue weighted by atomic mass is 16.3. The molecule has 1 aromatic rings. The Morgan fingerprint density at radius 2 is 2.10 bits per heavy atom. The van der Waals surface area contributed by atoms with E-state index in [1.165, 1.54) is 12.8 Å². The number of furan rings is 1. The van der Waals surface area contributed by atoms with Gasteiger partial charge < -0.3 is 9.73 Å². The van der Waals surface area contributed by atoms with Gasteiger partial charge in [0.15, 0.2) is 0 Å². The normalized spacial score (nSPS) is 28.4. The molecule has 3 nitrogen and oxygen atoms in total. The van der Waals surface area contributed by atoms with Gasteiger partial charge in [0.1, 0.15) is 5.76 Å². The molecular formula is C17H27NO2. The summed E-state index contributed by atoms with van der Waals surface area (Å²) in [6.45, 7) is 8.70. The number of hydrogen-bond acceptors (Lipinski definition) is 2. The third-order valence-corrected chi connectivity index (χ3v) is 4.69. The maximum atomic E-state index is 12.6. The number of hydrogen-bond donors (Lipinski definition) is 1. The molecule has 112 valence electrons. The molecule has 4 unspecified atom stereocenters. The highest BCUT2D eigenvalue weighted by Crippen LogP contribution is 2.38. The first-order valence-corrected chi connectivity index (χ1v) is 7.82. The molecule has 1 amide bonds. The molecule has 1 saturated carbocycles. The lowest BCUT2D eigenvalue weighted by Crippen LogP contribution is -2.41. The summed E-state index contributed by atoms with van der Waals surface area (Å²) in [5, 5.41) is 3.12. The van der Waals surface area contributed by atoms with Crippen LogP contribution in [0.4, 0.5) is 0 Å². The van der Waals surface area contributed by atoms with E-state index in [0.29, 0.717) is 17.8 Å². The average Bonchev–Trinajstić information content (AvgIpc) is 2.92. The lowest BCUT2D eigenvalue weighted by Gasteiger charge is -2.36. The van der Waals surface area contributed by atoms with E-state index in [1.54, 1.807) is 6.26 Å². The zero-order valence-corrected chi connectivity index (χ0v) is 13.1. The maximum absolute atomic E-state index is 12.6. The summed E-state index contributed by atoms with van der Waals surface area (Å²) in [5.74, 6) is 2.89. The van der Waals surface area contributed by atoms with Gasteiger partial charge in [-0.1, -0.05) is 27.2 Å². The number of carbonyl (C=O) groups excluding carboxylic acids is 1. The van der Waals surface area contributed by atoms with Gasteiger partial charge in [0.2, 0.25) is 5.91 Å². The Bertz CT molecular complexity index is 424. The number of rotatable bonds is 4. The highest BCUT2D eigenvalue weighted by Gasteiger charge is 2.35. The van der Waals surface area contributed by atoms with Crippen LogP contribution in [0, 0.1) is 23.7 Å². The van der Waals surface area contributed by atoms with Crippen molar-refractivity contribution in [2.75, 3.05) is 0 Å². The van der Waals surface area contributed by atoms with Crippen LogP contribution in [0.2, 0.25) is 0 Å². The van der Waals surface area contributed by atoms with Gasteiger partial charge in [-0.2, -0.15) is 0 Å². The molecule has 0 aromatic carbocycles. The van der Waals surface area contributed by atoms with Crippen LogP contribution in [0.25, 0.3) is 0 Å². The minimum Gasteiger partial charge on any atom is -0.467 e. The van der Waals surface area contributed by atoms with Gasteiger partial charge in [-0.15, -0.1) is 0 Å². The van der Waals surface area contributed by atoms with Crippen molar-refractivity contribution < 1.29 is 9.21 Å². The molecule has 1 N–H and O–H groups in total. The van der Waals surface area contributed by atoms with Crippen molar-refractivity contribution in [3.63, 3.8) is 0 Å². The molecule has 0 spiro atoms. The van der Waals surface area contributed by atoms with Crippen LogP contribution in [0.1, 0.15) is 58.8 Å². The summed E-state index contributed by atoms with van der Waals surface area (Å²) < 4.78 is 5.36. The van der Waals surface area contributed by atoms with Crippen molar-refractivity contribution in [1.82, 2.24) is 5.32 Å². The van der Waals surface area contributed by atoms with Crippen LogP contribution in [-0.4, -0.2) is 5.91 Å². The molecule has 20 heavy (non-hydrogen) atoms. The minimum atomic E-state index is -0.0532. The molecule has 1 heterocycles. The van der Waals surface area contributed by atoms with Gasteiger partial charge in [0, 0.05) is 5.92 Å². The van der Waals surface area contributed by atoms with E-state index in [0.717, 1.165) is 12.2 Å². The van der Waals surface area contributed by atoms with Crippen LogP contribution in [0.5, 0.6) is 0 Å². The molecule has 1 aliphatic carbocycles. The molecule has 3 heteroatoms. The van der Waals surface area contributed by atoms with Gasteiger partial charge in [-0.05, 0) is 49.7 Å². The summed E-state index contributed by atoms with van der Waals surface area (Å²) >= 11 is 0. The summed E-state index contributed by atoms with van der Waals surface area (Å²) in [6, 6.07) is 3.72. The summed E-state index contributed by atoms with van der Waals surface area (Å²) in [4.78, 5) is 12.6. The quantitative estimate of drug-likeness (QED) is 0.897. The predicted octanol–water partition coefficient (Wildman–Crippen LogP) is 4.17. The van der Waals surface area contributed by atoms with Crippen LogP contribution < -0.4 is 5.32 Å². The largest absolute Gasteiger partial charge is 0.467 e. The second-order valence-electron chi connectivity index (χ2n) is 6.68. The molecule has 0 radical (unpaired) electrons. The summed E-state index contributed by atoms with van der Waals surface area (Å²) in [5.41, 5.74) is 0. The first-order chi connectivity index (χ1) is 9.49. The van der Waals surface area contributed by atoms with E-state index in [-0.39, 0.29) is 17.9 Å². The fraction of sp³-hybridized carbons (Fsp3) is 0.706. The van der Waals surface area contributed by atoms with Crippen molar-refractivity contribution in [3.05, 3.63) is 24.2 Å². The Morgan fingerprint density at radius 1 is 1.35 bits per heavy atom. The number of carbonyl (C=O) groups is 1. The molecule has 4 atom stereocenters. The Labute approximate surface area is 122 Å². The summed E-state index contributed by atoms with van der Waals surface area (Å²) in [6.07, 6.45) is 5.09. The standard InChI is InChI=1S/C17H27NO2/c1-11(2)14-8-7-12(3)10-15(14)17(19)18-13(4)16-6-5-9-20-16/h5-6,9,11-15H,7-8,10H2,1-4H3,(H,18,19). The number of nitrogens with one attached hydrogen (secondary N) is 1. The van der Waals surface area contributed by atoms with Gasteiger partial charge >= 0.3 is 0 Å². The first-order valence-electron chi connectivity index (χ1n) is 7.82. The molecule has 0 aliphatic heterocycles. The van der Waals surface area contributed by atoms with Crippen molar-refractivity contribution >= 4 is 5.91 Å². The average molecular weight is 277 g/mol. The van der Waals surface area contributed by atoms with E-state index < -0.39 is 0 Å². The molecule has 0 saturated heterocycles. The van der Waals surface area contributed by atoms with Crippen LogP contribution in [-0.2, 0) is 4.79 Å². The Hall–Kier alpha value is -1.25. The fourth-order valence-corrected chi connectivity index (χ4v) is 3.43. The molecule has 1 aromatic heterocycles. The lowest BCUT2D eigenvalue weighted by atomic mass is 9.69. The van der Waals surface area contributed by atoms with Crippen molar-refractivity contribution in [2.45, 2.75) is 53.0 Å². The van der Waals surface area contributed by atoms with E-state index in [2.05, 4.69) is 26.1 Å². The van der Waals surface area contributed by atoms with E-state index >= 15 is 0 Å². The second-order valence-corrected chi connectivity index (χ2v) is 6.68. The first kappa shape index (κ1) is 15.1. The van der Waals surface area contributed by atoms with Crippen molar-refractivity contribution in [1.29, 1.82) is 0 Å². The van der Waals surface area contributed by atoms with Gasteiger partial charge in [0.25, 0.3) is 0 Å². The second kappa shape index (κ2) is 6.47. The van der Waals surface area contributed by atoms with E-state index in [4.69, 9.17) is 4.42 Å². The zero-order chi connectivity index (χ0) is 14.7. The van der Waals surface area contributed by atoms with E-state index in [9.17, 15) is 4.79 Å². The van der Waals surface area contributed by atoms with Crippen molar-refractivity contribution in [3.8, 4) is 0 Å². The highest BCUT2D eigenvalue weighted by molar-refractivity contribution is 5.79. The zero-order valence-electron chi connectivity index (χ0n) is 13.1. The van der Waals surface area contributed by atoms with Gasteiger partial charge in [0.05, 0.1) is 12.3 Å². The maximum Gasteiger partial charge on any atom is 0.223 e. The third kappa shape index (κ3) is 3.44. The Morgan fingerprint density at radius 3 is 2.70 bits per heavy atom. The topological polar surface area (TPSA) is 42.2 Å². The number of amides is 1. The lowest BCUT2D eigenvalue weighted by molar-refractivity contribution is -0.130. The Balaban J connectivity index is 2.01. The van der Waals surface area contributed by atoms with Crippen LogP contribution in [0.3, 0.4) is 0 Å². The van der Waals surface area contributed by atoms with Crippen LogP contribution in [0.15, 0.2) is 22.8 Å². The van der Waals surface area contributed by atoms with Crippen molar-refractivity contribution in [2.24, 2.45) is 23.7 Å². The smallest absolute Gasteiger partial charge is 0.223 e. The monoisotopic (exact) mass is 277 g/mol. The summed E-state index contributed by atoms with van der Waals surface area (Å²) in [7, 11) is 0. The van der Waals surface area contributed by atoms with Crippen LogP contribution >= 0.6 is 0 Å². The van der Waals surface area contributed by atoms with E-state index in [1.807, 2.05) is 19.1 Å². The predicted molar refractivity (Wildman–Crippen MR) is 80.1 cm³/mol. The third-order valence-electron chi connectivity index (χ3n) is 4.69. The SMILES string of the molecule is CC1CCC(C(C)C)C(C(=O)NC(C)c2ccco2)C1. The van der Waals surface area contributed by atoms with Gasteiger partial charge in [-0.3, -0.25) is 4.79 Å². The van der Waals surface area contributed by atoms with Gasteiger partial charge in [-0.25, -0.2) is 0 Å². The Kier molecular flexibility index (Phi) is 4.90. The fourth-order valence-electron chi connectivity index (χ4n) is 3.43. The molecule has 1 fully saturated rings.